The minimum atomic E-state index is 0.0722. The highest BCUT2D eigenvalue weighted by molar-refractivity contribution is 7.99. The van der Waals surface area contributed by atoms with Gasteiger partial charge in [0.25, 0.3) is 0 Å². The molecular formula is C25H26N4O3S. The quantitative estimate of drug-likeness (QED) is 0.507. The predicted octanol–water partition coefficient (Wildman–Crippen LogP) is 4.37. The topological polar surface area (TPSA) is 69.5 Å². The van der Waals surface area contributed by atoms with Crippen LogP contribution in [0.1, 0.15) is 49.0 Å². The average Bonchev–Trinajstić information content (AvgIpc) is 3.43. The van der Waals surface area contributed by atoms with E-state index in [0.717, 1.165) is 66.0 Å². The minimum absolute atomic E-state index is 0.0722. The third kappa shape index (κ3) is 4.08. The molecule has 3 heterocycles. The Morgan fingerprint density at radius 1 is 1.00 bits per heavy atom. The largest absolute Gasteiger partial charge is 0.486 e. The standard InChI is InChI=1S/C25H26N4O3S/c30-23(28-12-4-7-20(28)18-10-11-21-22(15-18)32-14-13-31-21)16-33-25-27-26-24(17-8-9-17)29(25)19-5-2-1-3-6-19/h1-3,5-6,10-11,15,17,20H,4,7-9,12-14,16H2. The van der Waals surface area contributed by atoms with Crippen molar-refractivity contribution < 1.29 is 14.3 Å². The number of nitrogens with zero attached hydrogens (tertiary/aromatic N) is 4. The SMILES string of the molecule is O=C(CSc1nnc(C2CC2)n1-c1ccccc1)N1CCCC1c1ccc2c(c1)OCCO2. The Morgan fingerprint density at radius 3 is 2.64 bits per heavy atom. The van der Waals surface area contributed by atoms with E-state index in [9.17, 15) is 4.79 Å². The van der Waals surface area contributed by atoms with E-state index in [-0.39, 0.29) is 11.9 Å². The molecule has 3 aromatic rings. The summed E-state index contributed by atoms with van der Waals surface area (Å²) in [5, 5.41) is 9.71. The molecule has 2 fully saturated rings. The van der Waals surface area contributed by atoms with Crippen molar-refractivity contribution in [1.29, 1.82) is 0 Å². The van der Waals surface area contributed by atoms with E-state index in [1.807, 2.05) is 35.2 Å². The fourth-order valence-corrected chi connectivity index (χ4v) is 5.53. The summed E-state index contributed by atoms with van der Waals surface area (Å²) in [4.78, 5) is 15.3. The molecule has 1 saturated carbocycles. The summed E-state index contributed by atoms with van der Waals surface area (Å²) in [5.41, 5.74) is 2.16. The molecule has 0 N–H and O–H groups in total. The van der Waals surface area contributed by atoms with Crippen molar-refractivity contribution in [1.82, 2.24) is 19.7 Å². The maximum atomic E-state index is 13.3. The number of fused-ring (bicyclic) bond motifs is 1. The third-order valence-electron chi connectivity index (χ3n) is 6.46. The monoisotopic (exact) mass is 462 g/mol. The van der Waals surface area contributed by atoms with Gasteiger partial charge < -0.3 is 14.4 Å². The van der Waals surface area contributed by atoms with Crippen molar-refractivity contribution in [2.45, 2.75) is 42.8 Å². The Bertz CT molecular complexity index is 1160. The minimum Gasteiger partial charge on any atom is -0.486 e. The van der Waals surface area contributed by atoms with Gasteiger partial charge in [0.2, 0.25) is 5.91 Å². The Kier molecular flexibility index (Phi) is 5.46. The van der Waals surface area contributed by atoms with Crippen LogP contribution >= 0.6 is 11.8 Å². The molecule has 33 heavy (non-hydrogen) atoms. The van der Waals surface area contributed by atoms with Crippen molar-refractivity contribution in [3.8, 4) is 17.2 Å². The first-order chi connectivity index (χ1) is 16.3. The first kappa shape index (κ1) is 20.6. The number of thioether (sulfide) groups is 1. The number of rotatable bonds is 6. The molecule has 8 heteroatoms. The molecule has 1 unspecified atom stereocenters. The van der Waals surface area contributed by atoms with Crippen LogP contribution in [0.15, 0.2) is 53.7 Å². The van der Waals surface area contributed by atoms with E-state index < -0.39 is 0 Å². The number of carbonyl (C=O) groups excluding carboxylic acids is 1. The summed E-state index contributed by atoms with van der Waals surface area (Å²) in [5.74, 6) is 3.51. The van der Waals surface area contributed by atoms with E-state index in [0.29, 0.717) is 24.9 Å². The van der Waals surface area contributed by atoms with E-state index >= 15 is 0 Å². The molecule has 1 atom stereocenters. The van der Waals surface area contributed by atoms with Gasteiger partial charge in [-0.2, -0.15) is 0 Å². The molecule has 0 spiro atoms. The lowest BCUT2D eigenvalue weighted by molar-refractivity contribution is -0.129. The summed E-state index contributed by atoms with van der Waals surface area (Å²) in [6.45, 7) is 1.91. The van der Waals surface area contributed by atoms with Crippen molar-refractivity contribution in [3.05, 3.63) is 59.9 Å². The smallest absolute Gasteiger partial charge is 0.233 e. The maximum absolute atomic E-state index is 13.3. The molecule has 2 aromatic carbocycles. The van der Waals surface area contributed by atoms with Crippen LogP contribution in [0.5, 0.6) is 11.5 Å². The third-order valence-corrected chi connectivity index (χ3v) is 7.38. The van der Waals surface area contributed by atoms with Gasteiger partial charge in [-0.15, -0.1) is 10.2 Å². The second kappa shape index (κ2) is 8.74. The lowest BCUT2D eigenvalue weighted by Crippen LogP contribution is -2.32. The van der Waals surface area contributed by atoms with E-state index in [1.54, 1.807) is 0 Å². The first-order valence-electron chi connectivity index (χ1n) is 11.6. The van der Waals surface area contributed by atoms with Gasteiger partial charge in [-0.1, -0.05) is 36.0 Å². The second-order valence-corrected chi connectivity index (χ2v) is 9.67. The zero-order chi connectivity index (χ0) is 22.2. The summed E-state index contributed by atoms with van der Waals surface area (Å²) < 4.78 is 13.5. The van der Waals surface area contributed by atoms with Crippen LogP contribution in [0.2, 0.25) is 0 Å². The molecule has 1 saturated heterocycles. The van der Waals surface area contributed by atoms with Gasteiger partial charge in [0.05, 0.1) is 11.8 Å². The molecule has 0 radical (unpaired) electrons. The van der Waals surface area contributed by atoms with Crippen LogP contribution < -0.4 is 9.47 Å². The lowest BCUT2D eigenvalue weighted by atomic mass is 10.0. The van der Waals surface area contributed by atoms with Gasteiger partial charge in [-0.25, -0.2) is 0 Å². The fraction of sp³-hybridized carbons (Fsp3) is 0.400. The number of hydrogen-bond acceptors (Lipinski definition) is 6. The van der Waals surface area contributed by atoms with Crippen LogP contribution in [0.3, 0.4) is 0 Å². The Morgan fingerprint density at radius 2 is 1.82 bits per heavy atom. The lowest BCUT2D eigenvalue weighted by Gasteiger charge is -2.26. The summed E-state index contributed by atoms with van der Waals surface area (Å²) in [6.07, 6.45) is 4.27. The number of hydrogen-bond donors (Lipinski definition) is 0. The molecule has 1 aromatic heterocycles. The zero-order valence-corrected chi connectivity index (χ0v) is 19.2. The van der Waals surface area contributed by atoms with Crippen LogP contribution in [-0.4, -0.2) is 51.1 Å². The number of likely N-dealkylation sites (tertiary alicyclic amines) is 1. The van der Waals surface area contributed by atoms with Gasteiger partial charge in [-0.3, -0.25) is 9.36 Å². The number of aromatic nitrogens is 3. The van der Waals surface area contributed by atoms with Crippen LogP contribution in [0, 0.1) is 0 Å². The van der Waals surface area contributed by atoms with E-state index in [4.69, 9.17) is 9.47 Å². The summed E-state index contributed by atoms with van der Waals surface area (Å²) in [6, 6.07) is 16.3. The highest BCUT2D eigenvalue weighted by Gasteiger charge is 2.33. The van der Waals surface area contributed by atoms with Crippen LogP contribution in [0.4, 0.5) is 0 Å². The molecular weight excluding hydrogens is 436 g/mol. The van der Waals surface area contributed by atoms with Gasteiger partial charge in [0, 0.05) is 18.2 Å². The molecule has 170 valence electrons. The average molecular weight is 463 g/mol. The Hall–Kier alpha value is -3.00. The van der Waals surface area contributed by atoms with E-state index in [2.05, 4.69) is 33.0 Å². The van der Waals surface area contributed by atoms with Gasteiger partial charge >= 0.3 is 0 Å². The van der Waals surface area contributed by atoms with Crippen LogP contribution in [-0.2, 0) is 4.79 Å². The van der Waals surface area contributed by atoms with E-state index in [1.165, 1.54) is 11.8 Å². The normalized spacial score (nSPS) is 19.6. The highest BCUT2D eigenvalue weighted by Crippen LogP contribution is 2.42. The molecule has 0 bridgehead atoms. The molecule has 7 nitrogen and oxygen atoms in total. The summed E-state index contributed by atoms with van der Waals surface area (Å²) in [7, 11) is 0. The summed E-state index contributed by atoms with van der Waals surface area (Å²) >= 11 is 1.48. The number of carbonyl (C=O) groups is 1. The zero-order valence-electron chi connectivity index (χ0n) is 18.4. The maximum Gasteiger partial charge on any atom is 0.233 e. The molecule has 6 rings (SSSR count). The number of benzene rings is 2. The van der Waals surface area contributed by atoms with Gasteiger partial charge in [0.15, 0.2) is 16.7 Å². The second-order valence-electron chi connectivity index (χ2n) is 8.72. The molecule has 1 aliphatic carbocycles. The van der Waals surface area contributed by atoms with Crippen molar-refractivity contribution in [2.24, 2.45) is 0 Å². The van der Waals surface area contributed by atoms with Gasteiger partial charge in [0.1, 0.15) is 19.0 Å². The Labute approximate surface area is 197 Å². The number of amides is 1. The van der Waals surface area contributed by atoms with Gasteiger partial charge in [-0.05, 0) is 55.5 Å². The molecule has 3 aliphatic rings. The number of para-hydroxylation sites is 1. The van der Waals surface area contributed by atoms with Crippen LogP contribution in [0.25, 0.3) is 5.69 Å². The predicted molar refractivity (Wildman–Crippen MR) is 125 cm³/mol. The fourth-order valence-electron chi connectivity index (χ4n) is 4.69. The number of ether oxygens (including phenoxy) is 2. The van der Waals surface area contributed by atoms with Crippen molar-refractivity contribution in [2.75, 3.05) is 25.5 Å². The first-order valence-corrected chi connectivity index (χ1v) is 12.6. The Balaban J connectivity index is 1.19. The van der Waals surface area contributed by atoms with Crippen molar-refractivity contribution in [3.63, 3.8) is 0 Å². The molecule has 1 amide bonds. The highest BCUT2D eigenvalue weighted by atomic mass is 32.2. The molecule has 2 aliphatic heterocycles. The van der Waals surface area contributed by atoms with Crippen molar-refractivity contribution >= 4 is 17.7 Å².